The molecule has 0 aromatic heterocycles. The molecule has 1 saturated carbocycles. The number of benzene rings is 1. The molecule has 2 rings (SSSR count). The van der Waals surface area contributed by atoms with E-state index in [4.69, 9.17) is 17.3 Å². The van der Waals surface area contributed by atoms with Crippen molar-refractivity contribution in [1.82, 2.24) is 0 Å². The Kier molecular flexibility index (Phi) is 7.23. The van der Waals surface area contributed by atoms with E-state index in [-0.39, 0.29) is 22.3 Å². The maximum absolute atomic E-state index is 12.4. The molecule has 8 nitrogen and oxygen atoms in total. The molecule has 0 spiro atoms. The number of anilines is 2. The highest BCUT2D eigenvalue weighted by molar-refractivity contribution is 7.92. The number of carbonyl (C=O) groups is 1. The number of halogens is 1. The predicted molar refractivity (Wildman–Crippen MR) is 108 cm³/mol. The minimum absolute atomic E-state index is 0.116. The molecule has 10 heteroatoms. The van der Waals surface area contributed by atoms with Crippen LogP contribution in [0.15, 0.2) is 35.0 Å². The van der Waals surface area contributed by atoms with Crippen LogP contribution in [0.25, 0.3) is 0 Å². The number of aliphatic hydroxyl groups excluding tert-OH is 1. The van der Waals surface area contributed by atoms with Crippen LogP contribution in [0.3, 0.4) is 0 Å². The maximum atomic E-state index is 12.4. The fourth-order valence-electron chi connectivity index (χ4n) is 2.76. The number of nitrogens with zero attached hydrogens (tertiary/aromatic N) is 1. The van der Waals surface area contributed by atoms with Gasteiger partial charge in [-0.2, -0.15) is 0 Å². The molecule has 0 aliphatic heterocycles. The van der Waals surface area contributed by atoms with Crippen LogP contribution >= 0.6 is 11.6 Å². The number of hydrogen-bond donors (Lipinski definition) is 4. The molecular formula is C17H23ClN4O4S. The molecule has 1 amide bonds. The average Bonchev–Trinajstić information content (AvgIpc) is 2.54. The van der Waals surface area contributed by atoms with Gasteiger partial charge in [-0.05, 0) is 31.0 Å². The Labute approximate surface area is 163 Å². The molecule has 2 atom stereocenters. The van der Waals surface area contributed by atoms with Gasteiger partial charge in [-0.1, -0.05) is 24.4 Å². The first-order valence-corrected chi connectivity index (χ1v) is 10.7. The first-order valence-electron chi connectivity index (χ1n) is 8.41. The van der Waals surface area contributed by atoms with Gasteiger partial charge >= 0.3 is 0 Å². The highest BCUT2D eigenvalue weighted by Gasteiger charge is 2.22. The van der Waals surface area contributed by atoms with Gasteiger partial charge in [0.15, 0.2) is 0 Å². The van der Waals surface area contributed by atoms with Crippen LogP contribution in [0.4, 0.5) is 11.4 Å². The van der Waals surface area contributed by atoms with Crippen molar-refractivity contribution in [2.75, 3.05) is 16.3 Å². The van der Waals surface area contributed by atoms with E-state index in [2.05, 4.69) is 15.0 Å². The summed E-state index contributed by atoms with van der Waals surface area (Å²) < 4.78 is 25.0. The van der Waals surface area contributed by atoms with Gasteiger partial charge in [0, 0.05) is 23.1 Å². The summed E-state index contributed by atoms with van der Waals surface area (Å²) in [5, 5.41) is 12.8. The third kappa shape index (κ3) is 6.85. The van der Waals surface area contributed by atoms with Crippen molar-refractivity contribution in [2.24, 2.45) is 10.7 Å². The second kappa shape index (κ2) is 9.20. The standard InChI is InChI=1S/C17H23ClN4O4S/c1-27(25,26)22-14-7-12(18)6-13(8-14)21-17(24)11(9-19)10-20-15-4-2-3-5-16(15)23/h6-10,15-16,22-23H,2-5,19H2,1H3,(H,21,24)/b11-9+,20-10?/t15-,16+/m1/s1. The summed E-state index contributed by atoms with van der Waals surface area (Å²) in [6, 6.07) is 4.08. The molecule has 5 N–H and O–H groups in total. The third-order valence-electron chi connectivity index (χ3n) is 4.00. The highest BCUT2D eigenvalue weighted by atomic mass is 35.5. The normalized spacial score (nSPS) is 21.2. The Morgan fingerprint density at radius 2 is 1.96 bits per heavy atom. The second-order valence-electron chi connectivity index (χ2n) is 6.38. The first-order chi connectivity index (χ1) is 12.7. The van der Waals surface area contributed by atoms with Crippen LogP contribution in [0.1, 0.15) is 25.7 Å². The number of hydrogen-bond acceptors (Lipinski definition) is 6. The van der Waals surface area contributed by atoms with E-state index in [1.807, 2.05) is 0 Å². The van der Waals surface area contributed by atoms with Crippen LogP contribution < -0.4 is 15.8 Å². The van der Waals surface area contributed by atoms with Crippen molar-refractivity contribution in [3.8, 4) is 0 Å². The molecule has 1 aliphatic carbocycles. The molecule has 1 aromatic carbocycles. The van der Waals surface area contributed by atoms with Gasteiger partial charge < -0.3 is 16.2 Å². The number of aliphatic hydroxyl groups is 1. The van der Waals surface area contributed by atoms with Gasteiger partial charge in [0.2, 0.25) is 10.0 Å². The summed E-state index contributed by atoms with van der Waals surface area (Å²) in [6.45, 7) is 0. The largest absolute Gasteiger partial charge is 0.404 e. The zero-order chi connectivity index (χ0) is 20.0. The van der Waals surface area contributed by atoms with E-state index in [1.54, 1.807) is 0 Å². The van der Waals surface area contributed by atoms with E-state index in [9.17, 15) is 18.3 Å². The van der Waals surface area contributed by atoms with Crippen molar-refractivity contribution in [1.29, 1.82) is 0 Å². The predicted octanol–water partition coefficient (Wildman–Crippen LogP) is 1.87. The third-order valence-corrected chi connectivity index (χ3v) is 4.82. The zero-order valence-electron chi connectivity index (χ0n) is 14.9. The van der Waals surface area contributed by atoms with Crippen LogP contribution in [-0.4, -0.2) is 44.0 Å². The Hall–Kier alpha value is -2.10. The summed E-state index contributed by atoms with van der Waals surface area (Å²) in [5.41, 5.74) is 6.16. The van der Waals surface area contributed by atoms with Gasteiger partial charge in [0.05, 0.1) is 29.7 Å². The van der Waals surface area contributed by atoms with E-state index < -0.39 is 22.0 Å². The number of nitrogens with two attached hydrogens (primary N) is 1. The molecule has 1 aliphatic rings. The van der Waals surface area contributed by atoms with Crippen LogP contribution in [0.2, 0.25) is 5.02 Å². The Morgan fingerprint density at radius 1 is 1.30 bits per heavy atom. The van der Waals surface area contributed by atoms with Gasteiger partial charge in [-0.3, -0.25) is 14.5 Å². The second-order valence-corrected chi connectivity index (χ2v) is 8.56. The summed E-state index contributed by atoms with van der Waals surface area (Å²) in [7, 11) is -3.48. The average molecular weight is 415 g/mol. The lowest BCUT2D eigenvalue weighted by Gasteiger charge is -2.24. The number of rotatable bonds is 6. The Bertz CT molecular complexity index is 854. The van der Waals surface area contributed by atoms with Crippen molar-refractivity contribution in [2.45, 2.75) is 37.8 Å². The first kappa shape index (κ1) is 21.2. The van der Waals surface area contributed by atoms with Gasteiger partial charge in [0.25, 0.3) is 5.91 Å². The number of sulfonamides is 1. The lowest BCUT2D eigenvalue weighted by atomic mass is 9.93. The summed E-state index contributed by atoms with van der Waals surface area (Å²) in [6.07, 6.45) is 6.34. The molecular weight excluding hydrogens is 392 g/mol. The lowest BCUT2D eigenvalue weighted by Crippen LogP contribution is -2.28. The quantitative estimate of drug-likeness (QED) is 0.416. The highest BCUT2D eigenvalue weighted by Crippen LogP contribution is 2.24. The Balaban J connectivity index is 2.10. The minimum atomic E-state index is -3.48. The molecule has 0 bridgehead atoms. The van der Waals surface area contributed by atoms with Crippen molar-refractivity contribution < 1.29 is 18.3 Å². The van der Waals surface area contributed by atoms with E-state index in [0.717, 1.165) is 31.7 Å². The molecule has 0 saturated heterocycles. The van der Waals surface area contributed by atoms with Crippen LogP contribution in [-0.2, 0) is 14.8 Å². The van der Waals surface area contributed by atoms with Crippen molar-refractivity contribution >= 4 is 45.1 Å². The smallest absolute Gasteiger partial charge is 0.258 e. The number of nitrogens with one attached hydrogen (secondary N) is 2. The van der Waals surface area contributed by atoms with E-state index in [0.29, 0.717) is 12.1 Å². The van der Waals surface area contributed by atoms with Gasteiger partial charge in [-0.25, -0.2) is 8.42 Å². The molecule has 0 heterocycles. The molecule has 0 radical (unpaired) electrons. The fraction of sp³-hybridized carbons (Fsp3) is 0.412. The molecule has 0 unspecified atom stereocenters. The fourth-order valence-corrected chi connectivity index (χ4v) is 3.54. The monoisotopic (exact) mass is 414 g/mol. The number of aliphatic imine (C=N–C) groups is 1. The van der Waals surface area contributed by atoms with Crippen molar-refractivity contribution in [3.63, 3.8) is 0 Å². The van der Waals surface area contributed by atoms with E-state index >= 15 is 0 Å². The summed E-state index contributed by atoms with van der Waals surface area (Å²) in [4.78, 5) is 16.7. The van der Waals surface area contributed by atoms with Crippen LogP contribution in [0.5, 0.6) is 0 Å². The summed E-state index contributed by atoms with van der Waals surface area (Å²) >= 11 is 5.97. The molecule has 1 fully saturated rings. The topological polar surface area (TPSA) is 134 Å². The molecule has 1 aromatic rings. The van der Waals surface area contributed by atoms with E-state index in [1.165, 1.54) is 24.4 Å². The lowest BCUT2D eigenvalue weighted by molar-refractivity contribution is -0.112. The zero-order valence-corrected chi connectivity index (χ0v) is 16.4. The van der Waals surface area contributed by atoms with Crippen molar-refractivity contribution in [3.05, 3.63) is 35.0 Å². The number of amides is 1. The van der Waals surface area contributed by atoms with Crippen LogP contribution in [0, 0.1) is 0 Å². The van der Waals surface area contributed by atoms with Gasteiger partial charge in [-0.15, -0.1) is 0 Å². The molecule has 27 heavy (non-hydrogen) atoms. The SMILES string of the molecule is CS(=O)(=O)Nc1cc(Cl)cc(NC(=O)/C(C=N[C@@H]2CCCC[C@@H]2O)=C/N)c1. The number of carbonyl (C=O) groups excluding carboxylic acids is 1. The minimum Gasteiger partial charge on any atom is -0.404 e. The summed E-state index contributed by atoms with van der Waals surface area (Å²) in [5.74, 6) is -0.529. The maximum Gasteiger partial charge on any atom is 0.258 e. The molecule has 148 valence electrons. The Morgan fingerprint density at radius 3 is 2.59 bits per heavy atom. The van der Waals surface area contributed by atoms with Gasteiger partial charge in [0.1, 0.15) is 0 Å².